The summed E-state index contributed by atoms with van der Waals surface area (Å²) < 4.78 is 3.28. The highest BCUT2D eigenvalue weighted by atomic mass is 35.5. The number of nitrogens with zero attached hydrogens (tertiary/aromatic N) is 4. The number of carbonyl (C=O) groups is 2. The maximum absolute atomic E-state index is 12.4. The number of carbonyl (C=O) groups excluding carboxylic acids is 2. The average molecular weight is 532 g/mol. The van der Waals surface area contributed by atoms with E-state index in [-0.39, 0.29) is 17.9 Å². The van der Waals surface area contributed by atoms with Crippen LogP contribution in [0.1, 0.15) is 93.0 Å². The third kappa shape index (κ3) is 5.22. The Morgan fingerprint density at radius 3 is 2.61 bits per heavy atom. The highest BCUT2D eigenvalue weighted by Crippen LogP contribution is 2.43. The van der Waals surface area contributed by atoms with Gasteiger partial charge in [-0.15, -0.1) is 11.3 Å². The second kappa shape index (κ2) is 10.8. The van der Waals surface area contributed by atoms with Crippen molar-refractivity contribution in [3.05, 3.63) is 38.6 Å². The molecule has 2 saturated heterocycles. The van der Waals surface area contributed by atoms with Gasteiger partial charge in [0.25, 0.3) is 0 Å². The Balaban J connectivity index is 1.25. The molecule has 1 N–H and O–H groups in total. The third-order valence-corrected chi connectivity index (χ3v) is 9.61. The van der Waals surface area contributed by atoms with Gasteiger partial charge in [-0.1, -0.05) is 18.5 Å². The van der Waals surface area contributed by atoms with Gasteiger partial charge in [-0.3, -0.25) is 14.5 Å². The number of nitrogens with one attached hydrogen (secondary N) is 1. The Morgan fingerprint density at radius 1 is 1.22 bits per heavy atom. The van der Waals surface area contributed by atoms with Crippen molar-refractivity contribution in [2.45, 2.75) is 103 Å². The van der Waals surface area contributed by atoms with Crippen LogP contribution in [0.5, 0.6) is 0 Å². The fraction of sp³-hybridized carbons (Fsp3) is 0.667. The first-order valence-electron chi connectivity index (χ1n) is 13.5. The maximum atomic E-state index is 12.4. The number of piperidine rings is 1. The van der Waals surface area contributed by atoms with Crippen molar-refractivity contribution >= 4 is 34.8 Å². The van der Waals surface area contributed by atoms with E-state index in [0.717, 1.165) is 65.9 Å². The van der Waals surface area contributed by atoms with Crippen LogP contribution in [0, 0.1) is 6.92 Å². The predicted octanol–water partition coefficient (Wildman–Crippen LogP) is 5.03. The highest BCUT2D eigenvalue weighted by Gasteiger charge is 2.42. The lowest BCUT2D eigenvalue weighted by molar-refractivity contribution is -0.132. The van der Waals surface area contributed by atoms with Crippen LogP contribution in [0.3, 0.4) is 0 Å². The van der Waals surface area contributed by atoms with E-state index in [1.807, 2.05) is 17.0 Å². The summed E-state index contributed by atoms with van der Waals surface area (Å²) in [6, 6.07) is 5.59. The minimum absolute atomic E-state index is 0.00141. The molecular formula is C27H38ClN5O2S. The Hall–Kier alpha value is -1.90. The molecule has 5 heterocycles. The largest absolute Gasteiger partial charge is 0.349 e. The van der Waals surface area contributed by atoms with Gasteiger partial charge in [-0.25, -0.2) is 4.98 Å². The quantitative estimate of drug-likeness (QED) is 0.519. The second-order valence-corrected chi connectivity index (χ2v) is 12.4. The Kier molecular flexibility index (Phi) is 7.75. The molecule has 0 aromatic carbocycles. The first-order valence-corrected chi connectivity index (χ1v) is 14.7. The molecule has 0 spiro atoms. The number of aryl methyl sites for hydroxylation is 1. The van der Waals surface area contributed by atoms with Crippen molar-refractivity contribution in [3.63, 3.8) is 0 Å². The van der Waals surface area contributed by atoms with E-state index >= 15 is 0 Å². The van der Waals surface area contributed by atoms with Gasteiger partial charge in [0, 0.05) is 61.6 Å². The van der Waals surface area contributed by atoms with Crippen molar-refractivity contribution in [1.29, 1.82) is 0 Å². The summed E-state index contributed by atoms with van der Waals surface area (Å²) in [6.45, 7) is 8.23. The summed E-state index contributed by atoms with van der Waals surface area (Å²) in [7, 11) is 0. The predicted molar refractivity (Wildman–Crippen MR) is 143 cm³/mol. The molecular weight excluding hydrogens is 494 g/mol. The highest BCUT2D eigenvalue weighted by molar-refractivity contribution is 7.16. The van der Waals surface area contributed by atoms with Crippen molar-refractivity contribution in [3.8, 4) is 0 Å². The van der Waals surface area contributed by atoms with E-state index in [1.54, 1.807) is 18.3 Å². The molecule has 2 amide bonds. The van der Waals surface area contributed by atoms with Gasteiger partial charge in [-0.2, -0.15) is 0 Å². The summed E-state index contributed by atoms with van der Waals surface area (Å²) in [5, 5.41) is 3.14. The number of rotatable bonds is 8. The number of imidazole rings is 1. The molecule has 2 aromatic heterocycles. The number of fused-ring (bicyclic) bond motifs is 3. The normalized spacial score (nSPS) is 24.6. The first kappa shape index (κ1) is 25.7. The van der Waals surface area contributed by atoms with Gasteiger partial charge in [-0.05, 0) is 57.6 Å². The second-order valence-electron chi connectivity index (χ2n) is 10.7. The minimum atomic E-state index is 0.00141. The molecule has 3 aliphatic heterocycles. The number of halogens is 1. The van der Waals surface area contributed by atoms with Crippen LogP contribution in [0.25, 0.3) is 0 Å². The van der Waals surface area contributed by atoms with E-state index in [2.05, 4.69) is 28.6 Å². The van der Waals surface area contributed by atoms with Gasteiger partial charge in [0.1, 0.15) is 5.82 Å². The molecule has 0 aliphatic carbocycles. The summed E-state index contributed by atoms with van der Waals surface area (Å²) >= 11 is 7.74. The summed E-state index contributed by atoms with van der Waals surface area (Å²) in [6.07, 6.45) is 8.10. The van der Waals surface area contributed by atoms with Gasteiger partial charge < -0.3 is 14.8 Å². The monoisotopic (exact) mass is 531 g/mol. The zero-order chi connectivity index (χ0) is 25.4. The van der Waals surface area contributed by atoms with Crippen LogP contribution in [0.4, 0.5) is 0 Å². The first-order chi connectivity index (χ1) is 17.3. The molecule has 0 unspecified atom stereocenters. The molecule has 2 bridgehead atoms. The van der Waals surface area contributed by atoms with Crippen molar-refractivity contribution in [2.24, 2.45) is 0 Å². The Bertz CT molecular complexity index is 1100. The third-order valence-electron chi connectivity index (χ3n) is 8.26. The molecule has 36 heavy (non-hydrogen) atoms. The van der Waals surface area contributed by atoms with E-state index in [4.69, 9.17) is 16.6 Å². The topological polar surface area (TPSA) is 70.5 Å². The molecule has 0 radical (unpaired) electrons. The minimum Gasteiger partial charge on any atom is -0.349 e. The number of hydrogen-bond donors (Lipinski definition) is 1. The van der Waals surface area contributed by atoms with Crippen LogP contribution < -0.4 is 5.32 Å². The lowest BCUT2D eigenvalue weighted by atomic mass is 9.95. The molecule has 196 valence electrons. The summed E-state index contributed by atoms with van der Waals surface area (Å²) in [5.74, 6) is 1.36. The summed E-state index contributed by atoms with van der Waals surface area (Å²) in [4.78, 5) is 35.1. The molecule has 9 heteroatoms. The zero-order valence-electron chi connectivity index (χ0n) is 21.6. The van der Waals surface area contributed by atoms with E-state index in [0.29, 0.717) is 31.1 Å². The van der Waals surface area contributed by atoms with Crippen molar-refractivity contribution in [2.75, 3.05) is 13.1 Å². The molecule has 4 atom stereocenters. The van der Waals surface area contributed by atoms with Crippen LogP contribution in [0.2, 0.25) is 4.34 Å². The molecule has 0 saturated carbocycles. The van der Waals surface area contributed by atoms with Gasteiger partial charge in [0.2, 0.25) is 11.8 Å². The Labute approximate surface area is 223 Å². The zero-order valence-corrected chi connectivity index (χ0v) is 23.2. The van der Waals surface area contributed by atoms with Crippen molar-refractivity contribution < 1.29 is 9.59 Å². The standard InChI is InChI=1S/C27H38ClN5O2S/c1-4-5-27(35)31-12-11-24-23(16-31)29-17(2)33(24)21-14-19-6-7-20(15-21)32(19)13-10-22(30-18(3)34)25-8-9-26(28)36-25/h8-9,19-22H,4-7,10-16H2,1-3H3,(H,30,34)/t19-,20+,21+,22-/m0/s1. The van der Waals surface area contributed by atoms with Gasteiger partial charge >= 0.3 is 0 Å². The van der Waals surface area contributed by atoms with Crippen LogP contribution in [-0.4, -0.2) is 56.3 Å². The summed E-state index contributed by atoms with van der Waals surface area (Å²) in [5.41, 5.74) is 2.46. The maximum Gasteiger partial charge on any atom is 0.222 e. The SMILES string of the molecule is CCCC(=O)N1CCc2c(nc(C)n2[C@H]2C[C@H]3CC[C@@H](C2)N3CC[C@H](NC(C)=O)c2ccc(Cl)s2)C1. The molecule has 3 aliphatic rings. The van der Waals surface area contributed by atoms with Gasteiger partial charge in [0.15, 0.2) is 0 Å². The van der Waals surface area contributed by atoms with E-state index in [9.17, 15) is 9.59 Å². The smallest absolute Gasteiger partial charge is 0.222 e. The fourth-order valence-corrected chi connectivity index (χ4v) is 7.90. The molecule has 5 rings (SSSR count). The van der Waals surface area contributed by atoms with E-state index in [1.165, 1.54) is 18.5 Å². The number of amides is 2. The lowest BCUT2D eigenvalue weighted by Gasteiger charge is -2.41. The fourth-order valence-electron chi connectivity index (χ4n) is 6.76. The van der Waals surface area contributed by atoms with Crippen LogP contribution in [-0.2, 0) is 22.6 Å². The molecule has 7 nitrogen and oxygen atoms in total. The molecule has 2 aromatic rings. The number of aromatic nitrogens is 2. The van der Waals surface area contributed by atoms with Crippen LogP contribution in [0.15, 0.2) is 12.1 Å². The van der Waals surface area contributed by atoms with Gasteiger partial charge in [0.05, 0.1) is 22.6 Å². The molecule has 2 fully saturated rings. The number of hydrogen-bond acceptors (Lipinski definition) is 5. The number of thiophene rings is 1. The van der Waals surface area contributed by atoms with Crippen molar-refractivity contribution in [1.82, 2.24) is 24.7 Å². The van der Waals surface area contributed by atoms with E-state index < -0.39 is 0 Å². The lowest BCUT2D eigenvalue weighted by Crippen LogP contribution is -2.45. The Morgan fingerprint density at radius 2 is 1.97 bits per heavy atom. The average Bonchev–Trinajstić information content (AvgIpc) is 3.48. The van der Waals surface area contributed by atoms with Crippen LogP contribution >= 0.6 is 22.9 Å².